The van der Waals surface area contributed by atoms with Crippen LogP contribution in [0, 0.1) is 5.82 Å². The van der Waals surface area contributed by atoms with Gasteiger partial charge in [0, 0.05) is 24.7 Å². The average molecular weight is 401 g/mol. The number of methoxy groups -OCH3 is 1. The Bertz CT molecular complexity index is 974. The number of anilines is 1. The zero-order valence-corrected chi connectivity index (χ0v) is 15.8. The Labute approximate surface area is 166 Å². The second-order valence-electron chi connectivity index (χ2n) is 5.81. The van der Waals surface area contributed by atoms with E-state index in [2.05, 4.69) is 10.3 Å². The highest BCUT2D eigenvalue weighted by atomic mass is 19.1. The van der Waals surface area contributed by atoms with Crippen LogP contribution in [0.15, 0.2) is 54.7 Å². The topological polar surface area (TPSA) is 114 Å². The van der Waals surface area contributed by atoms with Gasteiger partial charge < -0.3 is 24.8 Å². The minimum absolute atomic E-state index is 0.245. The van der Waals surface area contributed by atoms with Crippen molar-refractivity contribution in [2.24, 2.45) is 7.05 Å². The SMILES string of the molecule is COc1ccccc1CNc1ncc(-c2ccc(F)cc2)n1C.O=C(O)C(=O)O. The molecular formula is C20H20FN3O5. The van der Waals surface area contributed by atoms with Crippen molar-refractivity contribution in [2.45, 2.75) is 6.54 Å². The summed E-state index contributed by atoms with van der Waals surface area (Å²) in [6.07, 6.45) is 1.78. The van der Waals surface area contributed by atoms with Crippen LogP contribution in [0.2, 0.25) is 0 Å². The Morgan fingerprint density at radius 3 is 2.31 bits per heavy atom. The number of para-hydroxylation sites is 1. The van der Waals surface area contributed by atoms with Crippen LogP contribution < -0.4 is 10.1 Å². The molecule has 0 aliphatic carbocycles. The molecule has 0 radical (unpaired) electrons. The number of hydrogen-bond donors (Lipinski definition) is 3. The number of aliphatic carboxylic acids is 2. The van der Waals surface area contributed by atoms with E-state index < -0.39 is 11.9 Å². The van der Waals surface area contributed by atoms with Crippen LogP contribution in [0.4, 0.5) is 10.3 Å². The molecule has 0 unspecified atom stereocenters. The molecule has 2 aromatic carbocycles. The molecule has 3 rings (SSSR count). The smallest absolute Gasteiger partial charge is 0.414 e. The molecule has 3 aromatic rings. The second kappa shape index (κ2) is 9.88. The molecule has 1 heterocycles. The molecule has 0 fully saturated rings. The normalized spacial score (nSPS) is 9.90. The molecule has 29 heavy (non-hydrogen) atoms. The standard InChI is InChI=1S/C18H18FN3O.C2H2O4/c1-22-16(13-7-9-15(19)10-8-13)12-21-18(22)20-11-14-5-3-4-6-17(14)23-2;3-1(4)2(5)6/h3-10,12H,11H2,1-2H3,(H,20,21);(H,3,4)(H,5,6). The highest BCUT2D eigenvalue weighted by Crippen LogP contribution is 2.23. The number of hydrogen-bond acceptors (Lipinski definition) is 5. The molecule has 0 aliphatic heterocycles. The molecule has 0 saturated carbocycles. The van der Waals surface area contributed by atoms with Crippen molar-refractivity contribution < 1.29 is 28.9 Å². The molecule has 9 heteroatoms. The lowest BCUT2D eigenvalue weighted by Crippen LogP contribution is -2.09. The molecule has 0 saturated heterocycles. The van der Waals surface area contributed by atoms with Gasteiger partial charge in [-0.3, -0.25) is 0 Å². The molecular weight excluding hydrogens is 381 g/mol. The van der Waals surface area contributed by atoms with Gasteiger partial charge in [-0.25, -0.2) is 19.0 Å². The van der Waals surface area contributed by atoms with Gasteiger partial charge in [0.2, 0.25) is 5.95 Å². The van der Waals surface area contributed by atoms with Crippen LogP contribution in [0.3, 0.4) is 0 Å². The summed E-state index contributed by atoms with van der Waals surface area (Å²) < 4.78 is 20.3. The summed E-state index contributed by atoms with van der Waals surface area (Å²) >= 11 is 0. The van der Waals surface area contributed by atoms with Crippen LogP contribution in [-0.2, 0) is 23.2 Å². The monoisotopic (exact) mass is 401 g/mol. The van der Waals surface area contributed by atoms with Gasteiger partial charge in [0.15, 0.2) is 0 Å². The van der Waals surface area contributed by atoms with Crippen molar-refractivity contribution in [3.8, 4) is 17.0 Å². The molecule has 0 aliphatic rings. The first-order valence-electron chi connectivity index (χ1n) is 8.43. The molecule has 0 amide bonds. The van der Waals surface area contributed by atoms with Crippen molar-refractivity contribution in [3.63, 3.8) is 0 Å². The number of rotatable bonds is 5. The van der Waals surface area contributed by atoms with Gasteiger partial charge in [0.25, 0.3) is 0 Å². The lowest BCUT2D eigenvalue weighted by molar-refractivity contribution is -0.159. The van der Waals surface area contributed by atoms with E-state index in [1.165, 1.54) is 12.1 Å². The fourth-order valence-corrected chi connectivity index (χ4v) is 2.49. The van der Waals surface area contributed by atoms with Crippen molar-refractivity contribution in [3.05, 3.63) is 66.1 Å². The van der Waals surface area contributed by atoms with Crippen LogP contribution in [0.5, 0.6) is 5.75 Å². The molecule has 152 valence electrons. The lowest BCUT2D eigenvalue weighted by atomic mass is 10.2. The average Bonchev–Trinajstić information content (AvgIpc) is 3.08. The summed E-state index contributed by atoms with van der Waals surface area (Å²) in [5, 5.41) is 18.1. The van der Waals surface area contributed by atoms with Gasteiger partial charge in [0.05, 0.1) is 19.0 Å². The van der Waals surface area contributed by atoms with E-state index in [0.29, 0.717) is 6.54 Å². The molecule has 0 spiro atoms. The maximum Gasteiger partial charge on any atom is 0.414 e. The first-order chi connectivity index (χ1) is 13.8. The Hall–Kier alpha value is -3.88. The Balaban J connectivity index is 0.000000438. The Morgan fingerprint density at radius 1 is 1.10 bits per heavy atom. The third kappa shape index (κ3) is 5.80. The van der Waals surface area contributed by atoms with E-state index in [9.17, 15) is 4.39 Å². The summed E-state index contributed by atoms with van der Waals surface area (Å²) in [5.41, 5.74) is 2.90. The predicted molar refractivity (Wildman–Crippen MR) is 104 cm³/mol. The third-order valence-corrected chi connectivity index (χ3v) is 3.94. The fourth-order valence-electron chi connectivity index (χ4n) is 2.49. The second-order valence-corrected chi connectivity index (χ2v) is 5.81. The van der Waals surface area contributed by atoms with Crippen LogP contribution in [-0.4, -0.2) is 38.8 Å². The zero-order chi connectivity index (χ0) is 21.4. The summed E-state index contributed by atoms with van der Waals surface area (Å²) in [4.78, 5) is 22.6. The van der Waals surface area contributed by atoms with E-state index in [-0.39, 0.29) is 5.82 Å². The van der Waals surface area contributed by atoms with Crippen LogP contribution in [0.25, 0.3) is 11.3 Å². The van der Waals surface area contributed by atoms with Gasteiger partial charge in [-0.2, -0.15) is 0 Å². The number of benzene rings is 2. The minimum Gasteiger partial charge on any atom is -0.496 e. The van der Waals surface area contributed by atoms with Crippen LogP contribution >= 0.6 is 0 Å². The first-order valence-corrected chi connectivity index (χ1v) is 8.43. The maximum absolute atomic E-state index is 13.0. The summed E-state index contributed by atoms with van der Waals surface area (Å²) in [6, 6.07) is 14.2. The summed E-state index contributed by atoms with van der Waals surface area (Å²) in [6.45, 7) is 0.609. The molecule has 1 aromatic heterocycles. The van der Waals surface area contributed by atoms with Gasteiger partial charge in [-0.15, -0.1) is 0 Å². The third-order valence-electron chi connectivity index (χ3n) is 3.94. The fraction of sp³-hybridized carbons (Fsp3) is 0.150. The number of ether oxygens (including phenoxy) is 1. The van der Waals surface area contributed by atoms with Crippen molar-refractivity contribution in [1.82, 2.24) is 9.55 Å². The highest BCUT2D eigenvalue weighted by molar-refractivity contribution is 6.27. The maximum atomic E-state index is 13.0. The quantitative estimate of drug-likeness (QED) is 0.563. The van der Waals surface area contributed by atoms with E-state index in [1.54, 1.807) is 25.4 Å². The Morgan fingerprint density at radius 2 is 1.72 bits per heavy atom. The van der Waals surface area contributed by atoms with Gasteiger partial charge in [-0.05, 0) is 30.3 Å². The lowest BCUT2D eigenvalue weighted by Gasteiger charge is -2.11. The van der Waals surface area contributed by atoms with E-state index in [1.807, 2.05) is 35.9 Å². The molecule has 0 atom stereocenters. The van der Waals surface area contributed by atoms with Gasteiger partial charge in [-0.1, -0.05) is 18.2 Å². The zero-order valence-electron chi connectivity index (χ0n) is 15.8. The van der Waals surface area contributed by atoms with Gasteiger partial charge >= 0.3 is 11.9 Å². The van der Waals surface area contributed by atoms with E-state index >= 15 is 0 Å². The minimum atomic E-state index is -1.82. The summed E-state index contributed by atoms with van der Waals surface area (Å²) in [7, 11) is 3.59. The van der Waals surface area contributed by atoms with E-state index in [0.717, 1.165) is 28.5 Å². The number of carbonyl (C=O) groups is 2. The van der Waals surface area contributed by atoms with Gasteiger partial charge in [0.1, 0.15) is 11.6 Å². The molecule has 8 nitrogen and oxygen atoms in total. The molecule has 3 N–H and O–H groups in total. The number of carboxylic acids is 2. The number of imidazole rings is 1. The van der Waals surface area contributed by atoms with Crippen molar-refractivity contribution >= 4 is 17.9 Å². The Kier molecular flexibility index (Phi) is 7.30. The first kappa shape index (κ1) is 21.4. The molecule has 0 bridgehead atoms. The van der Waals surface area contributed by atoms with E-state index in [4.69, 9.17) is 24.5 Å². The predicted octanol–water partition coefficient (Wildman–Crippen LogP) is 3.00. The number of aromatic nitrogens is 2. The number of nitrogens with one attached hydrogen (secondary N) is 1. The van der Waals surface area contributed by atoms with Crippen molar-refractivity contribution in [2.75, 3.05) is 12.4 Å². The number of nitrogens with zero attached hydrogens (tertiary/aromatic N) is 2. The number of halogens is 1. The largest absolute Gasteiger partial charge is 0.496 e. The summed E-state index contributed by atoms with van der Waals surface area (Å²) in [5.74, 6) is -2.31. The number of carboxylic acid groups (broad SMARTS) is 2. The van der Waals surface area contributed by atoms with Crippen LogP contribution in [0.1, 0.15) is 5.56 Å². The highest BCUT2D eigenvalue weighted by Gasteiger charge is 2.09. The van der Waals surface area contributed by atoms with Crippen molar-refractivity contribution in [1.29, 1.82) is 0 Å².